The van der Waals surface area contributed by atoms with E-state index in [-0.39, 0.29) is 10.8 Å². The van der Waals surface area contributed by atoms with Crippen LogP contribution in [0.3, 0.4) is 0 Å². The average molecular weight is 501 g/mol. The van der Waals surface area contributed by atoms with Crippen LogP contribution in [0.1, 0.15) is 20.8 Å². The number of halogens is 1. The molecule has 1 amide bonds. The average Bonchev–Trinajstić information content (AvgIpc) is 3.12. The highest BCUT2D eigenvalue weighted by molar-refractivity contribution is 7.92. The Morgan fingerprint density at radius 3 is 2.30 bits per heavy atom. The number of amides is 1. The van der Waals surface area contributed by atoms with E-state index in [9.17, 15) is 13.2 Å². The molecule has 6 nitrogen and oxygen atoms in total. The van der Waals surface area contributed by atoms with E-state index >= 15 is 0 Å². The number of methoxy groups -OCH3 is 1. The van der Waals surface area contributed by atoms with Gasteiger partial charge in [0.05, 0.1) is 17.0 Å². The standard InChI is InChI=1S/C24H21ClN2O4S2/c1-14-4-5-17(12-15(14)2)27-33(29,30)19-9-6-16(7-10-19)26-24(28)23-22(25)20-11-8-18(31-3)13-21(20)32-23/h4-13,27H,1-3H3,(H,26,28). The number of benzene rings is 3. The molecule has 0 atom stereocenters. The summed E-state index contributed by atoms with van der Waals surface area (Å²) in [4.78, 5) is 13.3. The summed E-state index contributed by atoms with van der Waals surface area (Å²) >= 11 is 7.68. The minimum atomic E-state index is -3.76. The van der Waals surface area contributed by atoms with Gasteiger partial charge in [-0.15, -0.1) is 11.3 Å². The Labute approximate surface area is 201 Å². The molecular weight excluding hydrogens is 480 g/mol. The summed E-state index contributed by atoms with van der Waals surface area (Å²) in [6, 6.07) is 16.7. The first-order valence-electron chi connectivity index (χ1n) is 9.95. The predicted molar refractivity (Wildman–Crippen MR) is 135 cm³/mol. The van der Waals surface area contributed by atoms with E-state index in [0.29, 0.717) is 27.0 Å². The Morgan fingerprint density at radius 2 is 1.64 bits per heavy atom. The zero-order valence-corrected chi connectivity index (χ0v) is 20.5. The third-order valence-corrected chi connectivity index (χ3v) is 8.28. The molecule has 0 aliphatic carbocycles. The van der Waals surface area contributed by atoms with Crippen molar-refractivity contribution in [2.24, 2.45) is 0 Å². The molecule has 3 aromatic carbocycles. The topological polar surface area (TPSA) is 84.5 Å². The van der Waals surface area contributed by atoms with Gasteiger partial charge in [-0.3, -0.25) is 9.52 Å². The number of thiophene rings is 1. The molecule has 2 N–H and O–H groups in total. The van der Waals surface area contributed by atoms with Crippen molar-refractivity contribution in [2.75, 3.05) is 17.1 Å². The Morgan fingerprint density at radius 1 is 0.939 bits per heavy atom. The molecular formula is C24H21ClN2O4S2. The molecule has 0 bridgehead atoms. The molecule has 0 radical (unpaired) electrons. The third-order valence-electron chi connectivity index (χ3n) is 5.22. The molecule has 0 unspecified atom stereocenters. The van der Waals surface area contributed by atoms with E-state index in [1.165, 1.54) is 35.6 Å². The van der Waals surface area contributed by atoms with Crippen LogP contribution in [0.4, 0.5) is 11.4 Å². The fraction of sp³-hybridized carbons (Fsp3) is 0.125. The summed E-state index contributed by atoms with van der Waals surface area (Å²) in [5, 5.41) is 3.91. The molecule has 4 aromatic rings. The van der Waals surface area contributed by atoms with Crippen LogP contribution in [0, 0.1) is 13.8 Å². The highest BCUT2D eigenvalue weighted by Gasteiger charge is 2.19. The normalized spacial score (nSPS) is 11.4. The van der Waals surface area contributed by atoms with Crippen molar-refractivity contribution in [3.63, 3.8) is 0 Å². The summed E-state index contributed by atoms with van der Waals surface area (Å²) in [6.07, 6.45) is 0. The lowest BCUT2D eigenvalue weighted by atomic mass is 10.1. The molecule has 0 spiro atoms. The number of carbonyl (C=O) groups is 1. The Hall–Kier alpha value is -3.07. The summed E-state index contributed by atoms with van der Waals surface area (Å²) in [6.45, 7) is 3.88. The van der Waals surface area contributed by atoms with Gasteiger partial charge >= 0.3 is 0 Å². The van der Waals surface area contributed by atoms with Gasteiger partial charge in [0, 0.05) is 21.5 Å². The Balaban J connectivity index is 1.51. The van der Waals surface area contributed by atoms with Gasteiger partial charge in [0.25, 0.3) is 15.9 Å². The number of fused-ring (bicyclic) bond motifs is 1. The van der Waals surface area contributed by atoms with Gasteiger partial charge < -0.3 is 10.1 Å². The van der Waals surface area contributed by atoms with Crippen LogP contribution < -0.4 is 14.8 Å². The number of sulfonamides is 1. The van der Waals surface area contributed by atoms with Crippen LogP contribution in [0.25, 0.3) is 10.1 Å². The van der Waals surface area contributed by atoms with Crippen LogP contribution in [-0.4, -0.2) is 21.4 Å². The van der Waals surface area contributed by atoms with Crippen LogP contribution in [-0.2, 0) is 10.0 Å². The number of carbonyl (C=O) groups excluding carboxylic acids is 1. The van der Waals surface area contributed by atoms with Gasteiger partial charge in [-0.2, -0.15) is 0 Å². The highest BCUT2D eigenvalue weighted by Crippen LogP contribution is 2.37. The molecule has 0 aliphatic rings. The van der Waals surface area contributed by atoms with E-state index in [1.54, 1.807) is 25.3 Å². The van der Waals surface area contributed by atoms with Crippen molar-refractivity contribution in [3.05, 3.63) is 81.7 Å². The van der Waals surface area contributed by atoms with E-state index in [1.807, 2.05) is 32.0 Å². The molecule has 4 rings (SSSR count). The largest absolute Gasteiger partial charge is 0.497 e. The number of anilines is 2. The number of rotatable bonds is 6. The van der Waals surface area contributed by atoms with Crippen molar-refractivity contribution in [2.45, 2.75) is 18.7 Å². The summed E-state index contributed by atoms with van der Waals surface area (Å²) < 4.78 is 34.1. The molecule has 0 saturated carbocycles. The first-order valence-corrected chi connectivity index (χ1v) is 12.6. The van der Waals surface area contributed by atoms with Gasteiger partial charge in [0.15, 0.2) is 0 Å². The van der Waals surface area contributed by atoms with E-state index < -0.39 is 10.0 Å². The number of hydrogen-bond donors (Lipinski definition) is 2. The summed E-state index contributed by atoms with van der Waals surface area (Å²) in [7, 11) is -2.19. The van der Waals surface area contributed by atoms with Gasteiger partial charge in [-0.05, 0) is 79.6 Å². The van der Waals surface area contributed by atoms with Crippen molar-refractivity contribution < 1.29 is 17.9 Å². The lowest BCUT2D eigenvalue weighted by molar-refractivity contribution is 0.103. The fourth-order valence-electron chi connectivity index (χ4n) is 3.24. The van der Waals surface area contributed by atoms with E-state index in [2.05, 4.69) is 10.0 Å². The van der Waals surface area contributed by atoms with Gasteiger partial charge in [0.1, 0.15) is 10.6 Å². The number of hydrogen-bond acceptors (Lipinski definition) is 5. The second kappa shape index (κ2) is 9.05. The van der Waals surface area contributed by atoms with Gasteiger partial charge in [-0.25, -0.2) is 8.42 Å². The molecule has 0 saturated heterocycles. The van der Waals surface area contributed by atoms with Gasteiger partial charge in [0.2, 0.25) is 0 Å². The molecule has 33 heavy (non-hydrogen) atoms. The first-order chi connectivity index (χ1) is 15.7. The molecule has 0 aliphatic heterocycles. The van der Waals surface area contributed by atoms with Crippen LogP contribution in [0.5, 0.6) is 5.75 Å². The maximum absolute atomic E-state index is 12.8. The summed E-state index contributed by atoms with van der Waals surface area (Å²) in [5.41, 5.74) is 3.02. The lowest BCUT2D eigenvalue weighted by Gasteiger charge is -2.11. The monoisotopic (exact) mass is 500 g/mol. The molecule has 1 aromatic heterocycles. The van der Waals surface area contributed by atoms with Crippen molar-refractivity contribution >= 4 is 60.3 Å². The van der Waals surface area contributed by atoms with E-state index in [4.69, 9.17) is 16.3 Å². The highest BCUT2D eigenvalue weighted by atomic mass is 35.5. The maximum atomic E-state index is 12.8. The fourth-order valence-corrected chi connectivity index (χ4v) is 5.73. The molecule has 170 valence electrons. The first kappa shape index (κ1) is 23.1. The minimum absolute atomic E-state index is 0.0886. The summed E-state index contributed by atoms with van der Waals surface area (Å²) in [5.74, 6) is 0.308. The third kappa shape index (κ3) is 4.83. The number of aryl methyl sites for hydroxylation is 2. The quantitative estimate of drug-likeness (QED) is 0.328. The second-order valence-corrected chi connectivity index (χ2v) is 10.6. The zero-order valence-electron chi connectivity index (χ0n) is 18.1. The maximum Gasteiger partial charge on any atom is 0.267 e. The Bertz CT molecular complexity index is 1460. The zero-order chi connectivity index (χ0) is 23.8. The van der Waals surface area contributed by atoms with E-state index in [0.717, 1.165) is 21.2 Å². The van der Waals surface area contributed by atoms with Crippen LogP contribution in [0.15, 0.2) is 65.6 Å². The SMILES string of the molecule is COc1ccc2c(Cl)c(C(=O)Nc3ccc(S(=O)(=O)Nc4ccc(C)c(C)c4)cc3)sc2c1. The number of nitrogens with one attached hydrogen (secondary N) is 2. The van der Waals surface area contributed by atoms with Gasteiger partial charge in [-0.1, -0.05) is 17.7 Å². The minimum Gasteiger partial charge on any atom is -0.497 e. The molecule has 1 heterocycles. The van der Waals surface area contributed by atoms with Crippen molar-refractivity contribution in [1.82, 2.24) is 0 Å². The molecule has 0 fully saturated rings. The molecule has 9 heteroatoms. The van der Waals surface area contributed by atoms with Crippen LogP contribution >= 0.6 is 22.9 Å². The van der Waals surface area contributed by atoms with Crippen LogP contribution in [0.2, 0.25) is 5.02 Å². The van der Waals surface area contributed by atoms with Crippen molar-refractivity contribution in [3.8, 4) is 5.75 Å². The predicted octanol–water partition coefficient (Wildman–Crippen LogP) is 6.23. The lowest BCUT2D eigenvalue weighted by Crippen LogP contribution is -2.14. The van der Waals surface area contributed by atoms with Crippen molar-refractivity contribution in [1.29, 1.82) is 0 Å². The second-order valence-electron chi connectivity index (χ2n) is 7.49. The number of ether oxygens (including phenoxy) is 1. The smallest absolute Gasteiger partial charge is 0.267 e. The Kier molecular flexibility index (Phi) is 6.34.